The average Bonchev–Trinajstić information content (AvgIpc) is 2.69. The van der Waals surface area contributed by atoms with Crippen molar-refractivity contribution in [3.05, 3.63) is 23.4 Å². The number of nitrogens with one attached hydrogen (secondary N) is 1. The summed E-state index contributed by atoms with van der Waals surface area (Å²) >= 11 is 5.61. The number of aromatic nitrogens is 1. The van der Waals surface area contributed by atoms with Gasteiger partial charge in [-0.05, 0) is 38.9 Å². The number of alkyl halides is 1. The number of nitrogens with zero attached hydrogens (tertiary/aromatic N) is 1. The van der Waals surface area contributed by atoms with Gasteiger partial charge in [0.05, 0.1) is 0 Å². The maximum atomic E-state index is 5.72. The summed E-state index contributed by atoms with van der Waals surface area (Å²) in [6.45, 7) is 4.06. The van der Waals surface area contributed by atoms with Crippen molar-refractivity contribution in [2.45, 2.75) is 25.7 Å². The number of halogens is 1. The van der Waals surface area contributed by atoms with Crippen LogP contribution < -0.4 is 5.32 Å². The Bertz CT molecular complexity index is 367. The van der Waals surface area contributed by atoms with Gasteiger partial charge in [-0.25, -0.2) is 4.98 Å². The molecule has 88 valence electrons. The van der Waals surface area contributed by atoms with Crippen molar-refractivity contribution in [2.75, 3.05) is 19.0 Å². The maximum absolute atomic E-state index is 5.72. The summed E-state index contributed by atoms with van der Waals surface area (Å²) in [5.41, 5.74) is 0.911. The molecular weight excluding hydrogens is 224 g/mol. The third-order valence-corrected chi connectivity index (χ3v) is 3.08. The van der Waals surface area contributed by atoms with E-state index in [1.165, 1.54) is 0 Å². The average molecular weight is 241 g/mol. The summed E-state index contributed by atoms with van der Waals surface area (Å²) < 4.78 is 5.72. The Hall–Kier alpha value is -0.800. The lowest BCUT2D eigenvalue weighted by Gasteiger charge is -2.19. The van der Waals surface area contributed by atoms with Crippen molar-refractivity contribution >= 4 is 17.7 Å². The Morgan fingerprint density at radius 1 is 1.50 bits per heavy atom. The molecule has 1 aromatic rings. The Kier molecular flexibility index (Phi) is 4.02. The molecule has 1 N–H and O–H groups in total. The third kappa shape index (κ3) is 2.66. The monoisotopic (exact) mass is 240 g/mol. The van der Waals surface area contributed by atoms with Crippen LogP contribution in [0.4, 0.5) is 0 Å². The van der Waals surface area contributed by atoms with E-state index in [-0.39, 0.29) is 0 Å². The molecule has 0 atom stereocenters. The smallest absolute Gasteiger partial charge is 0.198 e. The molecule has 0 saturated carbocycles. The maximum Gasteiger partial charge on any atom is 0.198 e. The first-order valence-corrected chi connectivity index (χ1v) is 6.25. The van der Waals surface area contributed by atoms with Crippen molar-refractivity contribution in [1.82, 2.24) is 10.3 Å². The van der Waals surface area contributed by atoms with Crippen LogP contribution in [0, 0.1) is 6.92 Å². The van der Waals surface area contributed by atoms with E-state index < -0.39 is 0 Å². The van der Waals surface area contributed by atoms with E-state index in [9.17, 15) is 0 Å². The molecule has 0 bridgehead atoms. The van der Waals surface area contributed by atoms with Gasteiger partial charge >= 0.3 is 0 Å². The zero-order valence-electron chi connectivity index (χ0n) is 9.50. The van der Waals surface area contributed by atoms with Gasteiger partial charge in [-0.2, -0.15) is 0 Å². The quantitative estimate of drug-likeness (QED) is 0.826. The van der Waals surface area contributed by atoms with E-state index in [1.54, 1.807) is 0 Å². The number of rotatable bonds is 3. The van der Waals surface area contributed by atoms with Gasteiger partial charge in [0, 0.05) is 11.8 Å². The molecule has 2 heterocycles. The Labute approximate surface area is 101 Å². The van der Waals surface area contributed by atoms with Crippen LogP contribution in [-0.2, 0) is 0 Å². The highest BCUT2D eigenvalue weighted by atomic mass is 35.5. The first kappa shape index (κ1) is 11.7. The van der Waals surface area contributed by atoms with Crippen molar-refractivity contribution in [1.29, 1.82) is 0 Å². The van der Waals surface area contributed by atoms with Crippen LogP contribution in [-0.4, -0.2) is 24.0 Å². The molecule has 0 unspecified atom stereocenters. The standard InChI is InChI=1S/C12H17ClN2O/c1-9-11(3-2-6-13)15-12(16-9)10-4-7-14-8-5-10/h2-3,10,14H,4-8H2,1H3/b3-2-. The highest BCUT2D eigenvalue weighted by Gasteiger charge is 2.20. The lowest BCUT2D eigenvalue weighted by Crippen LogP contribution is -2.26. The van der Waals surface area contributed by atoms with Crippen molar-refractivity contribution in [2.24, 2.45) is 0 Å². The van der Waals surface area contributed by atoms with Gasteiger partial charge in [-0.15, -0.1) is 11.6 Å². The first-order chi connectivity index (χ1) is 7.81. The second kappa shape index (κ2) is 5.51. The summed E-state index contributed by atoms with van der Waals surface area (Å²) in [6, 6.07) is 0. The predicted molar refractivity (Wildman–Crippen MR) is 65.8 cm³/mol. The van der Waals surface area contributed by atoms with Gasteiger partial charge in [0.1, 0.15) is 11.5 Å². The number of allylic oxidation sites excluding steroid dienone is 1. The summed E-state index contributed by atoms with van der Waals surface area (Å²) in [7, 11) is 0. The second-order valence-electron chi connectivity index (χ2n) is 4.07. The van der Waals surface area contributed by atoms with Crippen molar-refractivity contribution < 1.29 is 4.42 Å². The summed E-state index contributed by atoms with van der Waals surface area (Å²) in [6.07, 6.45) is 6.03. The highest BCUT2D eigenvalue weighted by molar-refractivity contribution is 6.19. The zero-order chi connectivity index (χ0) is 11.4. The molecule has 0 aliphatic carbocycles. The van der Waals surface area contributed by atoms with E-state index >= 15 is 0 Å². The van der Waals surface area contributed by atoms with E-state index in [0.29, 0.717) is 11.8 Å². The Balaban J connectivity index is 2.12. The minimum atomic E-state index is 0.470. The van der Waals surface area contributed by atoms with Gasteiger partial charge in [0.15, 0.2) is 5.89 Å². The fourth-order valence-electron chi connectivity index (χ4n) is 1.98. The largest absolute Gasteiger partial charge is 0.445 e. The van der Waals surface area contributed by atoms with Crippen LogP contribution >= 0.6 is 11.6 Å². The normalized spacial score (nSPS) is 18.4. The van der Waals surface area contributed by atoms with Crippen molar-refractivity contribution in [3.8, 4) is 0 Å². The van der Waals surface area contributed by atoms with E-state index in [1.807, 2.05) is 19.1 Å². The molecule has 1 saturated heterocycles. The fourth-order valence-corrected chi connectivity index (χ4v) is 2.07. The molecule has 2 rings (SSSR count). The molecule has 16 heavy (non-hydrogen) atoms. The van der Waals surface area contributed by atoms with Crippen molar-refractivity contribution in [3.63, 3.8) is 0 Å². The molecule has 4 heteroatoms. The molecule has 1 aromatic heterocycles. The number of hydrogen-bond acceptors (Lipinski definition) is 3. The van der Waals surface area contributed by atoms with E-state index in [2.05, 4.69) is 10.3 Å². The number of aryl methyl sites for hydroxylation is 1. The van der Waals surface area contributed by atoms with Gasteiger partial charge in [0.25, 0.3) is 0 Å². The lowest BCUT2D eigenvalue weighted by molar-refractivity contribution is 0.366. The summed E-state index contributed by atoms with van der Waals surface area (Å²) in [5.74, 6) is 2.75. The van der Waals surface area contributed by atoms with Crippen LogP contribution in [0.15, 0.2) is 10.5 Å². The highest BCUT2D eigenvalue weighted by Crippen LogP contribution is 2.26. The third-order valence-electron chi connectivity index (χ3n) is 2.90. The fraction of sp³-hybridized carbons (Fsp3) is 0.583. The van der Waals surface area contributed by atoms with Gasteiger partial charge in [0.2, 0.25) is 0 Å². The molecule has 0 amide bonds. The lowest BCUT2D eigenvalue weighted by atomic mass is 9.98. The zero-order valence-corrected chi connectivity index (χ0v) is 10.3. The minimum Gasteiger partial charge on any atom is -0.445 e. The van der Waals surface area contributed by atoms with Crippen LogP contribution in [0.25, 0.3) is 6.08 Å². The Morgan fingerprint density at radius 3 is 2.94 bits per heavy atom. The molecular formula is C12H17ClN2O. The number of hydrogen-bond donors (Lipinski definition) is 1. The predicted octanol–water partition coefficient (Wildman–Crippen LogP) is 2.70. The van der Waals surface area contributed by atoms with Crippen LogP contribution in [0.3, 0.4) is 0 Å². The number of oxazole rings is 1. The molecule has 0 aromatic carbocycles. The molecule has 1 aliphatic heterocycles. The summed E-state index contributed by atoms with van der Waals surface area (Å²) in [4.78, 5) is 4.53. The summed E-state index contributed by atoms with van der Waals surface area (Å²) in [5, 5.41) is 3.34. The minimum absolute atomic E-state index is 0.470. The number of piperidine rings is 1. The van der Waals surface area contributed by atoms with Crippen LogP contribution in [0.1, 0.15) is 36.1 Å². The second-order valence-corrected chi connectivity index (χ2v) is 4.38. The topological polar surface area (TPSA) is 38.1 Å². The molecule has 3 nitrogen and oxygen atoms in total. The molecule has 0 spiro atoms. The van der Waals surface area contributed by atoms with E-state index in [0.717, 1.165) is 43.3 Å². The van der Waals surface area contributed by atoms with Crippen LogP contribution in [0.5, 0.6) is 0 Å². The SMILES string of the molecule is Cc1oc(C2CCNCC2)nc1/C=C\CCl. The van der Waals surface area contributed by atoms with Gasteiger partial charge in [-0.1, -0.05) is 6.08 Å². The first-order valence-electron chi connectivity index (χ1n) is 5.72. The van der Waals surface area contributed by atoms with Gasteiger partial charge in [-0.3, -0.25) is 0 Å². The van der Waals surface area contributed by atoms with E-state index in [4.69, 9.17) is 16.0 Å². The molecule has 1 aliphatic rings. The molecule has 1 fully saturated rings. The Morgan fingerprint density at radius 2 is 2.25 bits per heavy atom. The van der Waals surface area contributed by atoms with Crippen LogP contribution in [0.2, 0.25) is 0 Å². The van der Waals surface area contributed by atoms with Gasteiger partial charge < -0.3 is 9.73 Å². The molecule has 0 radical (unpaired) electrons.